The van der Waals surface area contributed by atoms with Crippen molar-refractivity contribution in [1.82, 2.24) is 5.32 Å². The fourth-order valence-corrected chi connectivity index (χ4v) is 2.55. The summed E-state index contributed by atoms with van der Waals surface area (Å²) in [6.45, 7) is 6.79. The Kier molecular flexibility index (Phi) is 6.55. The van der Waals surface area contributed by atoms with Crippen LogP contribution in [-0.2, 0) is 4.74 Å². The highest BCUT2D eigenvalue weighted by Crippen LogP contribution is 2.30. The van der Waals surface area contributed by atoms with Gasteiger partial charge in [-0.15, -0.1) is 0 Å². The minimum absolute atomic E-state index is 0.172. The average Bonchev–Trinajstić information content (AvgIpc) is 2.92. The third kappa shape index (κ3) is 4.47. The third-order valence-corrected chi connectivity index (χ3v) is 3.70. The molecule has 1 heterocycles. The van der Waals surface area contributed by atoms with E-state index >= 15 is 0 Å². The molecule has 3 nitrogen and oxygen atoms in total. The molecular weight excluding hydrogens is 286 g/mol. The molecule has 0 saturated carbocycles. The molecule has 0 aliphatic rings. The first-order valence-electron chi connectivity index (χ1n) is 7.75. The average molecular weight is 310 g/mol. The number of hydrogen-bond acceptors (Lipinski definition) is 3. The van der Waals surface area contributed by atoms with Crippen LogP contribution in [-0.4, -0.2) is 19.8 Å². The molecule has 1 unspecified atom stereocenters. The summed E-state index contributed by atoms with van der Waals surface area (Å²) in [5.74, 6) is 0.937. The van der Waals surface area contributed by atoms with E-state index in [0.29, 0.717) is 5.02 Å². The topological polar surface area (TPSA) is 34.4 Å². The van der Waals surface area contributed by atoms with Gasteiger partial charge in [-0.05, 0) is 37.9 Å². The van der Waals surface area contributed by atoms with Gasteiger partial charge < -0.3 is 14.5 Å². The molecule has 1 aromatic heterocycles. The van der Waals surface area contributed by atoms with E-state index in [0.717, 1.165) is 55.8 Å². The lowest BCUT2D eigenvalue weighted by Crippen LogP contribution is -2.23. The Balaban J connectivity index is 2.11. The SMILES string of the molecule is CCCNC(CCOCCC)c1cc2cccc(Cl)c2o1. The summed E-state index contributed by atoms with van der Waals surface area (Å²) < 4.78 is 11.6. The smallest absolute Gasteiger partial charge is 0.152 e. The Morgan fingerprint density at radius 2 is 2.10 bits per heavy atom. The molecule has 0 radical (unpaired) electrons. The lowest BCUT2D eigenvalue weighted by Gasteiger charge is -2.16. The van der Waals surface area contributed by atoms with Crippen molar-refractivity contribution in [3.8, 4) is 0 Å². The van der Waals surface area contributed by atoms with Crippen LogP contribution in [0.5, 0.6) is 0 Å². The van der Waals surface area contributed by atoms with Crippen LogP contribution in [0.15, 0.2) is 28.7 Å². The van der Waals surface area contributed by atoms with Crippen molar-refractivity contribution >= 4 is 22.6 Å². The Labute approximate surface area is 131 Å². The summed E-state index contributed by atoms with van der Waals surface area (Å²) >= 11 is 6.19. The Hall–Kier alpha value is -1.03. The zero-order chi connectivity index (χ0) is 15.1. The van der Waals surface area contributed by atoms with Crippen molar-refractivity contribution in [3.05, 3.63) is 35.0 Å². The summed E-state index contributed by atoms with van der Waals surface area (Å²) in [5, 5.41) is 5.24. The van der Waals surface area contributed by atoms with Crippen molar-refractivity contribution in [3.63, 3.8) is 0 Å². The van der Waals surface area contributed by atoms with Crippen LogP contribution in [0.1, 0.15) is 44.9 Å². The molecule has 2 aromatic rings. The predicted octanol–water partition coefficient (Wildman–Crippen LogP) is 4.94. The highest BCUT2D eigenvalue weighted by Gasteiger charge is 2.16. The molecule has 2 rings (SSSR count). The van der Waals surface area contributed by atoms with E-state index in [1.54, 1.807) is 0 Å². The van der Waals surface area contributed by atoms with Crippen LogP contribution in [0.25, 0.3) is 11.0 Å². The molecule has 0 fully saturated rings. The van der Waals surface area contributed by atoms with E-state index in [1.807, 2.05) is 18.2 Å². The number of nitrogens with one attached hydrogen (secondary N) is 1. The fraction of sp³-hybridized carbons (Fsp3) is 0.529. The monoisotopic (exact) mass is 309 g/mol. The van der Waals surface area contributed by atoms with Crippen LogP contribution in [0.4, 0.5) is 0 Å². The standard InChI is InChI=1S/C17H24ClNO2/c1-3-9-19-15(8-11-20-10-4-2)16-12-13-6-5-7-14(18)17(13)21-16/h5-7,12,15,19H,3-4,8-11H2,1-2H3. The van der Waals surface area contributed by atoms with Crippen molar-refractivity contribution < 1.29 is 9.15 Å². The van der Waals surface area contributed by atoms with Gasteiger partial charge in [0.2, 0.25) is 0 Å². The molecule has 1 atom stereocenters. The second kappa shape index (κ2) is 8.42. The maximum absolute atomic E-state index is 6.19. The molecule has 4 heteroatoms. The van der Waals surface area contributed by atoms with Gasteiger partial charge in [-0.3, -0.25) is 0 Å². The van der Waals surface area contributed by atoms with E-state index < -0.39 is 0 Å². The molecular formula is C17H24ClNO2. The summed E-state index contributed by atoms with van der Waals surface area (Å²) in [7, 11) is 0. The zero-order valence-electron chi connectivity index (χ0n) is 12.8. The van der Waals surface area contributed by atoms with Gasteiger partial charge in [-0.1, -0.05) is 37.6 Å². The number of fused-ring (bicyclic) bond motifs is 1. The van der Waals surface area contributed by atoms with Gasteiger partial charge in [0.25, 0.3) is 0 Å². The first-order chi connectivity index (χ1) is 10.3. The quantitative estimate of drug-likeness (QED) is 0.666. The van der Waals surface area contributed by atoms with Crippen molar-refractivity contribution in [2.24, 2.45) is 0 Å². The van der Waals surface area contributed by atoms with E-state index in [9.17, 15) is 0 Å². The molecule has 0 saturated heterocycles. The first kappa shape index (κ1) is 16.3. The number of ether oxygens (including phenoxy) is 1. The van der Waals surface area contributed by atoms with Crippen LogP contribution in [0.3, 0.4) is 0 Å². The Morgan fingerprint density at radius 1 is 1.24 bits per heavy atom. The first-order valence-corrected chi connectivity index (χ1v) is 8.13. The number of rotatable bonds is 9. The lowest BCUT2D eigenvalue weighted by atomic mass is 10.1. The van der Waals surface area contributed by atoms with E-state index in [-0.39, 0.29) is 6.04 Å². The second-order valence-electron chi connectivity index (χ2n) is 5.21. The van der Waals surface area contributed by atoms with E-state index in [4.69, 9.17) is 20.8 Å². The molecule has 1 N–H and O–H groups in total. The number of hydrogen-bond donors (Lipinski definition) is 1. The summed E-state index contributed by atoms with van der Waals surface area (Å²) in [6.07, 6.45) is 3.04. The van der Waals surface area contributed by atoms with Crippen molar-refractivity contribution in [2.75, 3.05) is 19.8 Å². The summed E-state index contributed by atoms with van der Waals surface area (Å²) in [4.78, 5) is 0. The Morgan fingerprint density at radius 3 is 2.81 bits per heavy atom. The van der Waals surface area contributed by atoms with Crippen LogP contribution >= 0.6 is 11.6 Å². The maximum atomic E-state index is 6.19. The molecule has 0 aliphatic heterocycles. The van der Waals surface area contributed by atoms with Gasteiger partial charge in [0.15, 0.2) is 5.58 Å². The van der Waals surface area contributed by atoms with Crippen LogP contribution < -0.4 is 5.32 Å². The molecule has 21 heavy (non-hydrogen) atoms. The molecule has 0 bridgehead atoms. The van der Waals surface area contributed by atoms with Gasteiger partial charge in [-0.2, -0.15) is 0 Å². The van der Waals surface area contributed by atoms with Gasteiger partial charge in [0.1, 0.15) is 5.76 Å². The van der Waals surface area contributed by atoms with Crippen LogP contribution in [0, 0.1) is 0 Å². The van der Waals surface area contributed by atoms with Gasteiger partial charge >= 0.3 is 0 Å². The molecule has 0 aliphatic carbocycles. The fourth-order valence-electron chi connectivity index (χ4n) is 2.33. The lowest BCUT2D eigenvalue weighted by molar-refractivity contribution is 0.122. The molecule has 116 valence electrons. The molecule has 1 aromatic carbocycles. The largest absolute Gasteiger partial charge is 0.458 e. The molecule has 0 amide bonds. The van der Waals surface area contributed by atoms with Crippen molar-refractivity contribution in [1.29, 1.82) is 0 Å². The van der Waals surface area contributed by atoms with E-state index in [2.05, 4.69) is 25.2 Å². The third-order valence-electron chi connectivity index (χ3n) is 3.40. The number of benzene rings is 1. The normalized spacial score (nSPS) is 12.9. The zero-order valence-corrected chi connectivity index (χ0v) is 13.6. The van der Waals surface area contributed by atoms with Gasteiger partial charge in [-0.25, -0.2) is 0 Å². The minimum atomic E-state index is 0.172. The summed E-state index contributed by atoms with van der Waals surface area (Å²) in [6, 6.07) is 8.08. The highest BCUT2D eigenvalue weighted by atomic mass is 35.5. The summed E-state index contributed by atoms with van der Waals surface area (Å²) in [5.41, 5.74) is 0.770. The van der Waals surface area contributed by atoms with E-state index in [1.165, 1.54) is 0 Å². The molecule has 0 spiro atoms. The number of furan rings is 1. The minimum Gasteiger partial charge on any atom is -0.458 e. The van der Waals surface area contributed by atoms with Gasteiger partial charge in [0.05, 0.1) is 11.1 Å². The maximum Gasteiger partial charge on any atom is 0.152 e. The van der Waals surface area contributed by atoms with Crippen molar-refractivity contribution in [2.45, 2.75) is 39.2 Å². The number of para-hydroxylation sites is 1. The van der Waals surface area contributed by atoms with Crippen LogP contribution in [0.2, 0.25) is 5.02 Å². The number of halogens is 1. The van der Waals surface area contributed by atoms with Gasteiger partial charge in [0, 0.05) is 18.6 Å². The Bertz CT molecular complexity index is 553. The predicted molar refractivity (Wildman–Crippen MR) is 88.0 cm³/mol. The second-order valence-corrected chi connectivity index (χ2v) is 5.62. The highest BCUT2D eigenvalue weighted by molar-refractivity contribution is 6.34.